The van der Waals surface area contributed by atoms with E-state index in [0.29, 0.717) is 17.9 Å². The third-order valence-corrected chi connectivity index (χ3v) is 2.45. The first kappa shape index (κ1) is 12.6. The molecule has 2 N–H and O–H groups in total. The highest BCUT2D eigenvalue weighted by Gasteiger charge is 2.09. The van der Waals surface area contributed by atoms with Gasteiger partial charge in [-0.25, -0.2) is 4.79 Å². The third-order valence-electron chi connectivity index (χ3n) is 2.45. The highest BCUT2D eigenvalue weighted by molar-refractivity contribution is 5.91. The number of rotatable bonds is 5. The van der Waals surface area contributed by atoms with Gasteiger partial charge in [0.2, 0.25) is 0 Å². The molecule has 0 spiro atoms. The summed E-state index contributed by atoms with van der Waals surface area (Å²) in [5.41, 5.74) is 7.75. The fourth-order valence-electron chi connectivity index (χ4n) is 1.51. The van der Waals surface area contributed by atoms with Gasteiger partial charge in [-0.2, -0.15) is 0 Å². The first-order valence-corrected chi connectivity index (χ1v) is 5.68. The van der Waals surface area contributed by atoms with Gasteiger partial charge >= 0.3 is 5.97 Å². The lowest BCUT2D eigenvalue weighted by molar-refractivity contribution is 0.0497. The molecule has 0 fully saturated rings. The van der Waals surface area contributed by atoms with Gasteiger partial charge in [0.05, 0.1) is 12.2 Å². The Balaban J connectivity index is 2.53. The summed E-state index contributed by atoms with van der Waals surface area (Å²) in [5.74, 6) is -0.256. The number of nitrogen functional groups attached to an aromatic ring is 1. The largest absolute Gasteiger partial charge is 0.462 e. The van der Waals surface area contributed by atoms with E-state index in [2.05, 4.69) is 6.92 Å². The van der Waals surface area contributed by atoms with E-state index < -0.39 is 0 Å². The van der Waals surface area contributed by atoms with Gasteiger partial charge in [0.1, 0.15) is 0 Å². The number of aryl methyl sites for hydroxylation is 1. The van der Waals surface area contributed by atoms with Gasteiger partial charge in [0, 0.05) is 5.69 Å². The molecule has 0 aliphatic heterocycles. The smallest absolute Gasteiger partial charge is 0.338 e. The zero-order valence-corrected chi connectivity index (χ0v) is 9.95. The van der Waals surface area contributed by atoms with Gasteiger partial charge < -0.3 is 10.5 Å². The number of hydrogen-bond acceptors (Lipinski definition) is 3. The van der Waals surface area contributed by atoms with Gasteiger partial charge in [-0.15, -0.1) is 0 Å². The topological polar surface area (TPSA) is 52.3 Å². The second-order valence-electron chi connectivity index (χ2n) is 3.92. The number of hydrogen-bond donors (Lipinski definition) is 1. The number of nitrogens with two attached hydrogens (primary N) is 1. The Morgan fingerprint density at radius 2 is 2.12 bits per heavy atom. The van der Waals surface area contributed by atoms with Gasteiger partial charge in [0.15, 0.2) is 0 Å². The molecule has 3 heteroatoms. The van der Waals surface area contributed by atoms with E-state index in [1.165, 1.54) is 0 Å². The van der Waals surface area contributed by atoms with Crippen LogP contribution in [-0.4, -0.2) is 12.6 Å². The molecule has 0 unspecified atom stereocenters. The van der Waals surface area contributed by atoms with Crippen molar-refractivity contribution < 1.29 is 9.53 Å². The van der Waals surface area contributed by atoms with Crippen molar-refractivity contribution in [3.05, 3.63) is 29.3 Å². The molecule has 88 valence electrons. The lowest BCUT2D eigenvalue weighted by atomic mass is 10.1. The zero-order valence-electron chi connectivity index (χ0n) is 9.95. The minimum absolute atomic E-state index is 0.256. The Labute approximate surface area is 96.6 Å². The van der Waals surface area contributed by atoms with Crippen molar-refractivity contribution in [1.29, 1.82) is 0 Å². The fourth-order valence-corrected chi connectivity index (χ4v) is 1.51. The number of carbonyl (C=O) groups excluding carboxylic acids is 1. The van der Waals surface area contributed by atoms with Crippen LogP contribution in [0.3, 0.4) is 0 Å². The van der Waals surface area contributed by atoms with Crippen LogP contribution in [0.5, 0.6) is 0 Å². The predicted octanol–water partition coefficient (Wildman–Crippen LogP) is 2.92. The first-order valence-electron chi connectivity index (χ1n) is 5.68. The first-order chi connectivity index (χ1) is 7.65. The molecule has 0 heterocycles. The van der Waals surface area contributed by atoms with Crippen LogP contribution in [0.2, 0.25) is 0 Å². The van der Waals surface area contributed by atoms with Crippen LogP contribution in [-0.2, 0) is 4.74 Å². The average Bonchev–Trinajstić information content (AvgIpc) is 2.24. The summed E-state index contributed by atoms with van der Waals surface area (Å²) < 4.78 is 5.17. The van der Waals surface area contributed by atoms with Crippen molar-refractivity contribution in [3.8, 4) is 0 Å². The monoisotopic (exact) mass is 221 g/mol. The lowest BCUT2D eigenvalue weighted by Crippen LogP contribution is -2.08. The van der Waals surface area contributed by atoms with Crippen molar-refractivity contribution in [2.75, 3.05) is 12.3 Å². The molecule has 0 bridgehead atoms. The Hall–Kier alpha value is -1.51. The summed E-state index contributed by atoms with van der Waals surface area (Å²) in [6.07, 6.45) is 3.14. The fraction of sp³-hybridized carbons (Fsp3) is 0.462. The Bertz CT molecular complexity index is 361. The standard InChI is InChI=1S/C13H19NO2/c1-3-4-5-8-16-13(15)12-7-6-11(14)9-10(12)2/h6-7,9H,3-5,8,14H2,1-2H3. The number of ether oxygens (including phenoxy) is 1. The maximum Gasteiger partial charge on any atom is 0.338 e. The molecular weight excluding hydrogens is 202 g/mol. The molecule has 0 aliphatic rings. The van der Waals surface area contributed by atoms with Crippen molar-refractivity contribution in [2.45, 2.75) is 33.1 Å². The number of carbonyl (C=O) groups is 1. The van der Waals surface area contributed by atoms with Gasteiger partial charge in [-0.1, -0.05) is 19.8 Å². The quantitative estimate of drug-likeness (QED) is 0.472. The number of anilines is 1. The molecule has 1 rings (SSSR count). The number of unbranched alkanes of at least 4 members (excludes halogenated alkanes) is 2. The summed E-state index contributed by atoms with van der Waals surface area (Å²) >= 11 is 0. The molecule has 0 radical (unpaired) electrons. The molecule has 0 saturated heterocycles. The van der Waals surface area contributed by atoms with E-state index in [-0.39, 0.29) is 5.97 Å². The molecule has 0 saturated carbocycles. The molecule has 1 aromatic carbocycles. The molecule has 16 heavy (non-hydrogen) atoms. The Morgan fingerprint density at radius 1 is 1.38 bits per heavy atom. The van der Waals surface area contributed by atoms with Crippen LogP contribution < -0.4 is 5.73 Å². The van der Waals surface area contributed by atoms with Crippen LogP contribution in [0.4, 0.5) is 5.69 Å². The molecule has 1 aromatic rings. The van der Waals surface area contributed by atoms with E-state index in [1.54, 1.807) is 18.2 Å². The molecule has 0 amide bonds. The van der Waals surface area contributed by atoms with E-state index in [4.69, 9.17) is 10.5 Å². The normalized spacial score (nSPS) is 10.1. The highest BCUT2D eigenvalue weighted by atomic mass is 16.5. The van der Waals surface area contributed by atoms with E-state index >= 15 is 0 Å². The average molecular weight is 221 g/mol. The summed E-state index contributed by atoms with van der Waals surface area (Å²) in [7, 11) is 0. The van der Waals surface area contributed by atoms with E-state index in [0.717, 1.165) is 24.8 Å². The molecular formula is C13H19NO2. The van der Waals surface area contributed by atoms with Crippen molar-refractivity contribution >= 4 is 11.7 Å². The maximum absolute atomic E-state index is 11.7. The number of esters is 1. The van der Waals surface area contributed by atoms with Crippen LogP contribution in [0, 0.1) is 6.92 Å². The summed E-state index contributed by atoms with van der Waals surface area (Å²) in [4.78, 5) is 11.7. The second-order valence-corrected chi connectivity index (χ2v) is 3.92. The summed E-state index contributed by atoms with van der Waals surface area (Å²) in [6.45, 7) is 4.47. The van der Waals surface area contributed by atoms with Crippen LogP contribution >= 0.6 is 0 Å². The highest BCUT2D eigenvalue weighted by Crippen LogP contribution is 2.13. The lowest BCUT2D eigenvalue weighted by Gasteiger charge is -2.07. The minimum Gasteiger partial charge on any atom is -0.462 e. The van der Waals surface area contributed by atoms with Gasteiger partial charge in [0.25, 0.3) is 0 Å². The van der Waals surface area contributed by atoms with Crippen LogP contribution in [0.25, 0.3) is 0 Å². The van der Waals surface area contributed by atoms with E-state index in [9.17, 15) is 4.79 Å². The summed E-state index contributed by atoms with van der Waals surface area (Å²) in [5, 5.41) is 0. The second kappa shape index (κ2) is 6.16. The van der Waals surface area contributed by atoms with Crippen LogP contribution in [0.1, 0.15) is 42.1 Å². The summed E-state index contributed by atoms with van der Waals surface area (Å²) in [6, 6.07) is 5.21. The molecule has 3 nitrogen and oxygen atoms in total. The van der Waals surface area contributed by atoms with Crippen molar-refractivity contribution in [2.24, 2.45) is 0 Å². The van der Waals surface area contributed by atoms with Crippen molar-refractivity contribution in [3.63, 3.8) is 0 Å². The molecule has 0 atom stereocenters. The maximum atomic E-state index is 11.7. The van der Waals surface area contributed by atoms with Gasteiger partial charge in [-0.05, 0) is 37.1 Å². The molecule has 0 aliphatic carbocycles. The Kier molecular flexibility index (Phi) is 4.83. The van der Waals surface area contributed by atoms with Gasteiger partial charge in [-0.3, -0.25) is 0 Å². The van der Waals surface area contributed by atoms with E-state index in [1.807, 2.05) is 6.92 Å². The minimum atomic E-state index is -0.256. The SMILES string of the molecule is CCCCCOC(=O)c1ccc(N)cc1C. The zero-order chi connectivity index (χ0) is 12.0. The predicted molar refractivity (Wildman–Crippen MR) is 65.4 cm³/mol. The third kappa shape index (κ3) is 3.57. The van der Waals surface area contributed by atoms with Crippen LogP contribution in [0.15, 0.2) is 18.2 Å². The Morgan fingerprint density at radius 3 is 2.75 bits per heavy atom. The van der Waals surface area contributed by atoms with Crippen molar-refractivity contribution in [1.82, 2.24) is 0 Å². The number of benzene rings is 1. The molecule has 0 aromatic heterocycles.